The van der Waals surface area contributed by atoms with Gasteiger partial charge in [-0.1, -0.05) is 72.2 Å². The van der Waals surface area contributed by atoms with Crippen LogP contribution in [0.1, 0.15) is 43.8 Å². The van der Waals surface area contributed by atoms with Gasteiger partial charge in [-0.25, -0.2) is 0 Å². The molecule has 1 nitrogen and oxygen atoms in total. The minimum absolute atomic E-state index is 0.277. The smallest absolute Gasteiger partial charge is 0.0914 e. The summed E-state index contributed by atoms with van der Waals surface area (Å²) in [5.74, 6) is 0.804. The van der Waals surface area contributed by atoms with Gasteiger partial charge >= 0.3 is 0 Å². The molecule has 0 aliphatic heterocycles. The Balaban J connectivity index is 1.83. The molecule has 1 aromatic carbocycles. The first-order valence-corrected chi connectivity index (χ1v) is 8.15. The van der Waals surface area contributed by atoms with Crippen LogP contribution in [0.3, 0.4) is 0 Å². The van der Waals surface area contributed by atoms with E-state index in [4.69, 9.17) is 4.74 Å². The Bertz CT molecular complexity index is 306. The van der Waals surface area contributed by atoms with Crippen LogP contribution in [-0.2, 0) is 4.74 Å². The molecule has 17 heavy (non-hydrogen) atoms. The molecule has 1 aliphatic carbocycles. The van der Waals surface area contributed by atoms with Crippen LogP contribution in [-0.4, -0.2) is 11.0 Å². The molecule has 0 bridgehead atoms. The van der Waals surface area contributed by atoms with E-state index in [0.717, 1.165) is 17.0 Å². The van der Waals surface area contributed by atoms with Gasteiger partial charge in [0.05, 0.1) is 12.7 Å². The molecule has 1 aromatic rings. The maximum Gasteiger partial charge on any atom is 0.0914 e. The minimum Gasteiger partial charge on any atom is -0.372 e. The molecule has 2 rings (SSSR count). The van der Waals surface area contributed by atoms with Gasteiger partial charge in [-0.05, 0) is 24.3 Å². The van der Waals surface area contributed by atoms with Crippen LogP contribution in [0.4, 0.5) is 0 Å². The van der Waals surface area contributed by atoms with Crippen molar-refractivity contribution in [3.05, 3.63) is 35.9 Å². The fourth-order valence-corrected chi connectivity index (χ4v) is 3.27. The maximum absolute atomic E-state index is 6.11. The van der Waals surface area contributed by atoms with Gasteiger partial charge < -0.3 is 4.74 Å². The molecule has 1 atom stereocenters. The summed E-state index contributed by atoms with van der Waals surface area (Å²) in [6.07, 6.45) is 7.22. The lowest BCUT2D eigenvalue weighted by molar-refractivity contribution is 0.0345. The topological polar surface area (TPSA) is 9.23 Å². The predicted octanol–water partition coefficient (Wildman–Crippen LogP) is 4.76. The van der Waals surface area contributed by atoms with Crippen molar-refractivity contribution in [2.75, 3.05) is 11.0 Å². The molecular formula is C15H21IO. The molecule has 0 N–H and O–H groups in total. The van der Waals surface area contributed by atoms with Crippen molar-refractivity contribution >= 4 is 22.6 Å². The molecule has 94 valence electrons. The van der Waals surface area contributed by atoms with Crippen molar-refractivity contribution < 1.29 is 4.74 Å². The van der Waals surface area contributed by atoms with Gasteiger partial charge in [0.15, 0.2) is 0 Å². The third kappa shape index (κ3) is 4.25. The molecule has 1 aliphatic rings. The second-order valence-electron chi connectivity index (χ2n) is 4.89. The Morgan fingerprint density at radius 2 is 1.82 bits per heavy atom. The van der Waals surface area contributed by atoms with E-state index in [9.17, 15) is 0 Å². The van der Waals surface area contributed by atoms with Crippen molar-refractivity contribution in [2.24, 2.45) is 5.92 Å². The molecule has 1 fully saturated rings. The second-order valence-corrected chi connectivity index (χ2v) is 5.77. The molecule has 2 heteroatoms. The number of ether oxygens (including phenoxy) is 1. The van der Waals surface area contributed by atoms with Crippen molar-refractivity contribution in [2.45, 2.75) is 38.2 Å². The van der Waals surface area contributed by atoms with Gasteiger partial charge in [0.25, 0.3) is 0 Å². The fraction of sp³-hybridized carbons (Fsp3) is 0.600. The van der Waals surface area contributed by atoms with Crippen molar-refractivity contribution in [1.29, 1.82) is 0 Å². The molecule has 1 saturated carbocycles. The number of benzene rings is 1. The first kappa shape index (κ1) is 13.3. The summed E-state index contributed by atoms with van der Waals surface area (Å²) < 4.78 is 7.15. The van der Waals surface area contributed by atoms with Gasteiger partial charge in [-0.3, -0.25) is 0 Å². The summed E-state index contributed by atoms with van der Waals surface area (Å²) in [7, 11) is 0. The van der Waals surface area contributed by atoms with Gasteiger partial charge in [0.1, 0.15) is 0 Å². The Hall–Kier alpha value is -0.0900. The number of hydrogen-bond donors (Lipinski definition) is 0. The van der Waals surface area contributed by atoms with Crippen molar-refractivity contribution in [3.63, 3.8) is 0 Å². The summed E-state index contributed by atoms with van der Waals surface area (Å²) >= 11 is 2.42. The Labute approximate surface area is 118 Å². The van der Waals surface area contributed by atoms with E-state index in [0.29, 0.717) is 0 Å². The summed E-state index contributed by atoms with van der Waals surface area (Å²) in [6, 6.07) is 10.6. The highest BCUT2D eigenvalue weighted by Crippen LogP contribution is 2.27. The Kier molecular flexibility index (Phi) is 5.78. The van der Waals surface area contributed by atoms with Gasteiger partial charge in [-0.2, -0.15) is 0 Å². The van der Waals surface area contributed by atoms with E-state index in [1.807, 2.05) is 0 Å². The standard InChI is InChI=1S/C15H21IO/c16-11-15(14-9-5-2-6-10-14)17-12-13-7-3-1-4-8-13/h2,5-6,9-10,13,15H,1,3-4,7-8,11-12H2. The number of rotatable bonds is 5. The number of halogens is 1. The minimum atomic E-state index is 0.277. The molecule has 0 spiro atoms. The highest BCUT2D eigenvalue weighted by Gasteiger charge is 2.16. The van der Waals surface area contributed by atoms with Crippen LogP contribution in [0.15, 0.2) is 30.3 Å². The molecule has 0 heterocycles. The molecule has 1 unspecified atom stereocenters. The van der Waals surface area contributed by atoms with Crippen LogP contribution in [0.2, 0.25) is 0 Å². The van der Waals surface area contributed by atoms with Gasteiger partial charge in [0.2, 0.25) is 0 Å². The van der Waals surface area contributed by atoms with E-state index in [-0.39, 0.29) is 6.10 Å². The quantitative estimate of drug-likeness (QED) is 0.553. The lowest BCUT2D eigenvalue weighted by Gasteiger charge is -2.24. The summed E-state index contributed by atoms with van der Waals surface area (Å²) in [4.78, 5) is 0. The number of alkyl halides is 1. The largest absolute Gasteiger partial charge is 0.372 e. The first-order valence-electron chi connectivity index (χ1n) is 6.62. The summed E-state index contributed by atoms with van der Waals surface area (Å²) in [6.45, 7) is 0.947. The summed E-state index contributed by atoms with van der Waals surface area (Å²) in [5.41, 5.74) is 1.32. The molecule has 0 aromatic heterocycles. The predicted molar refractivity (Wildman–Crippen MR) is 80.6 cm³/mol. The van der Waals surface area contributed by atoms with E-state index in [1.165, 1.54) is 37.7 Å². The zero-order chi connectivity index (χ0) is 11.9. The fourth-order valence-electron chi connectivity index (χ4n) is 2.50. The zero-order valence-corrected chi connectivity index (χ0v) is 12.4. The third-order valence-corrected chi connectivity index (χ3v) is 4.37. The molecule has 0 saturated heterocycles. The van der Waals surface area contributed by atoms with E-state index >= 15 is 0 Å². The van der Waals surface area contributed by atoms with Gasteiger partial charge in [-0.15, -0.1) is 0 Å². The maximum atomic E-state index is 6.11. The van der Waals surface area contributed by atoms with E-state index < -0.39 is 0 Å². The first-order chi connectivity index (χ1) is 8.40. The van der Waals surface area contributed by atoms with Crippen molar-refractivity contribution in [3.8, 4) is 0 Å². The average molecular weight is 344 g/mol. The molecule has 0 radical (unpaired) electrons. The van der Waals surface area contributed by atoms with Crippen LogP contribution in [0.5, 0.6) is 0 Å². The van der Waals surface area contributed by atoms with Crippen molar-refractivity contribution in [1.82, 2.24) is 0 Å². The Morgan fingerprint density at radius 3 is 2.47 bits per heavy atom. The lowest BCUT2D eigenvalue weighted by Crippen LogP contribution is -2.16. The number of hydrogen-bond acceptors (Lipinski definition) is 1. The second kappa shape index (κ2) is 7.37. The van der Waals surface area contributed by atoms with Crippen LogP contribution in [0, 0.1) is 5.92 Å². The van der Waals surface area contributed by atoms with Crippen LogP contribution in [0.25, 0.3) is 0 Å². The highest BCUT2D eigenvalue weighted by molar-refractivity contribution is 14.1. The average Bonchev–Trinajstić information content (AvgIpc) is 2.42. The van der Waals surface area contributed by atoms with Gasteiger partial charge in [0, 0.05) is 4.43 Å². The lowest BCUT2D eigenvalue weighted by atomic mass is 9.90. The Morgan fingerprint density at radius 1 is 1.12 bits per heavy atom. The van der Waals surface area contributed by atoms with Crippen LogP contribution >= 0.6 is 22.6 Å². The van der Waals surface area contributed by atoms with Crippen LogP contribution < -0.4 is 0 Å². The molecular weight excluding hydrogens is 323 g/mol. The van der Waals surface area contributed by atoms with E-state index in [2.05, 4.69) is 52.9 Å². The third-order valence-electron chi connectivity index (χ3n) is 3.57. The monoisotopic (exact) mass is 344 g/mol. The normalized spacial score (nSPS) is 19.1. The zero-order valence-electron chi connectivity index (χ0n) is 10.3. The highest BCUT2D eigenvalue weighted by atomic mass is 127. The summed E-state index contributed by atoms with van der Waals surface area (Å²) in [5, 5.41) is 0. The van der Waals surface area contributed by atoms with E-state index in [1.54, 1.807) is 0 Å². The SMILES string of the molecule is ICC(OCC1CCCCC1)c1ccccc1. The molecule has 0 amide bonds.